The van der Waals surface area contributed by atoms with Crippen LogP contribution in [-0.2, 0) is 6.54 Å². The third kappa shape index (κ3) is 3.99. The van der Waals surface area contributed by atoms with E-state index in [-0.39, 0.29) is 5.82 Å². The standard InChI is InChI=1S/C26H22FN3O2/c1-17-13-18(2)15-21(14-17)31-12-11-30-24-6-4-3-5-22(24)28-26(30)23-16-25(32-29-23)19-7-9-20(27)10-8-19/h3-10,13-16H,11-12H2,1-2H3. The second kappa shape index (κ2) is 8.30. The smallest absolute Gasteiger partial charge is 0.167 e. The molecule has 160 valence electrons. The van der Waals surface area contributed by atoms with Gasteiger partial charge in [0.05, 0.1) is 17.6 Å². The molecule has 0 spiro atoms. The van der Waals surface area contributed by atoms with Crippen LogP contribution in [0.1, 0.15) is 11.1 Å². The molecule has 5 nitrogen and oxygen atoms in total. The summed E-state index contributed by atoms with van der Waals surface area (Å²) in [5, 5.41) is 4.24. The Kier molecular flexibility index (Phi) is 5.19. The van der Waals surface area contributed by atoms with Crippen LogP contribution in [0.3, 0.4) is 0 Å². The van der Waals surface area contributed by atoms with Gasteiger partial charge in [-0.1, -0.05) is 23.4 Å². The summed E-state index contributed by atoms with van der Waals surface area (Å²) < 4.78 is 26.9. The molecule has 5 rings (SSSR count). The number of hydrogen-bond acceptors (Lipinski definition) is 4. The molecule has 2 heterocycles. The van der Waals surface area contributed by atoms with Crippen LogP contribution in [0.5, 0.6) is 5.75 Å². The van der Waals surface area contributed by atoms with Crippen LogP contribution >= 0.6 is 0 Å². The molecule has 0 aliphatic heterocycles. The molecular formula is C26H22FN3O2. The Labute approximate surface area is 185 Å². The largest absolute Gasteiger partial charge is 0.492 e. The van der Waals surface area contributed by atoms with E-state index in [1.807, 2.05) is 42.5 Å². The Morgan fingerprint density at radius 2 is 1.69 bits per heavy atom. The van der Waals surface area contributed by atoms with Gasteiger partial charge in [0.25, 0.3) is 0 Å². The summed E-state index contributed by atoms with van der Waals surface area (Å²) in [5.41, 5.74) is 5.59. The molecule has 2 aromatic heterocycles. The van der Waals surface area contributed by atoms with Crippen LogP contribution in [0, 0.1) is 19.7 Å². The molecule has 0 aliphatic carbocycles. The Bertz CT molecular complexity index is 1370. The van der Waals surface area contributed by atoms with Gasteiger partial charge in [-0.3, -0.25) is 0 Å². The summed E-state index contributed by atoms with van der Waals surface area (Å²) >= 11 is 0. The fourth-order valence-electron chi connectivity index (χ4n) is 3.90. The maximum atomic E-state index is 13.3. The van der Waals surface area contributed by atoms with Crippen LogP contribution in [0.15, 0.2) is 77.3 Å². The van der Waals surface area contributed by atoms with Crippen LogP contribution in [0.25, 0.3) is 33.9 Å². The summed E-state index contributed by atoms with van der Waals surface area (Å²) in [6.45, 7) is 5.20. The molecule has 0 saturated heterocycles. The van der Waals surface area contributed by atoms with E-state index in [1.165, 1.54) is 23.3 Å². The van der Waals surface area contributed by atoms with Gasteiger partial charge in [-0.05, 0) is 73.5 Å². The first-order chi connectivity index (χ1) is 15.6. The Morgan fingerprint density at radius 1 is 0.938 bits per heavy atom. The van der Waals surface area contributed by atoms with Crippen molar-refractivity contribution >= 4 is 11.0 Å². The van der Waals surface area contributed by atoms with E-state index < -0.39 is 0 Å². The topological polar surface area (TPSA) is 53.1 Å². The van der Waals surface area contributed by atoms with Gasteiger partial charge in [-0.15, -0.1) is 0 Å². The zero-order valence-electron chi connectivity index (χ0n) is 17.9. The molecule has 5 aromatic rings. The Balaban J connectivity index is 1.45. The summed E-state index contributed by atoms with van der Waals surface area (Å²) in [6.07, 6.45) is 0. The van der Waals surface area contributed by atoms with Gasteiger partial charge in [0.15, 0.2) is 11.6 Å². The Hall–Kier alpha value is -3.93. The fourth-order valence-corrected chi connectivity index (χ4v) is 3.90. The van der Waals surface area contributed by atoms with E-state index >= 15 is 0 Å². The van der Waals surface area contributed by atoms with Gasteiger partial charge < -0.3 is 13.8 Å². The van der Waals surface area contributed by atoms with Crippen LogP contribution in [0.4, 0.5) is 4.39 Å². The number of para-hydroxylation sites is 2. The molecule has 0 N–H and O–H groups in total. The van der Waals surface area contributed by atoms with E-state index in [0.717, 1.165) is 22.3 Å². The van der Waals surface area contributed by atoms with Crippen molar-refractivity contribution < 1.29 is 13.7 Å². The lowest BCUT2D eigenvalue weighted by atomic mass is 10.1. The number of hydrogen-bond donors (Lipinski definition) is 0. The minimum Gasteiger partial charge on any atom is -0.492 e. The number of fused-ring (bicyclic) bond motifs is 1. The minimum absolute atomic E-state index is 0.293. The van der Waals surface area contributed by atoms with Crippen molar-refractivity contribution in [1.29, 1.82) is 0 Å². The zero-order valence-corrected chi connectivity index (χ0v) is 17.9. The fraction of sp³-hybridized carbons (Fsp3) is 0.154. The van der Waals surface area contributed by atoms with E-state index in [9.17, 15) is 4.39 Å². The summed E-state index contributed by atoms with van der Waals surface area (Å²) in [7, 11) is 0. The highest BCUT2D eigenvalue weighted by molar-refractivity contribution is 5.80. The minimum atomic E-state index is -0.293. The average molecular weight is 427 g/mol. The van der Waals surface area contributed by atoms with Crippen molar-refractivity contribution in [3.63, 3.8) is 0 Å². The lowest BCUT2D eigenvalue weighted by Crippen LogP contribution is -2.09. The molecule has 0 aliphatic rings. The van der Waals surface area contributed by atoms with Crippen molar-refractivity contribution in [2.24, 2.45) is 0 Å². The van der Waals surface area contributed by atoms with Crippen molar-refractivity contribution in [3.8, 4) is 28.6 Å². The number of halogens is 1. The second-order valence-electron chi connectivity index (χ2n) is 7.83. The summed E-state index contributed by atoms with van der Waals surface area (Å²) in [6, 6.07) is 22.1. The first-order valence-corrected chi connectivity index (χ1v) is 10.5. The number of nitrogens with zero attached hydrogens (tertiary/aromatic N) is 3. The molecule has 6 heteroatoms. The molecular weight excluding hydrogens is 405 g/mol. The number of imidazole rings is 1. The number of aromatic nitrogens is 3. The Morgan fingerprint density at radius 3 is 2.47 bits per heavy atom. The van der Waals surface area contributed by atoms with Crippen molar-refractivity contribution in [3.05, 3.63) is 89.7 Å². The van der Waals surface area contributed by atoms with Gasteiger partial charge in [0.1, 0.15) is 23.9 Å². The van der Waals surface area contributed by atoms with Gasteiger partial charge in [-0.2, -0.15) is 0 Å². The van der Waals surface area contributed by atoms with Crippen LogP contribution in [0.2, 0.25) is 0 Å². The van der Waals surface area contributed by atoms with Gasteiger partial charge >= 0.3 is 0 Å². The zero-order chi connectivity index (χ0) is 22.1. The lowest BCUT2D eigenvalue weighted by Gasteiger charge is -2.11. The highest BCUT2D eigenvalue weighted by Crippen LogP contribution is 2.28. The molecule has 0 amide bonds. The molecule has 0 saturated carbocycles. The predicted molar refractivity (Wildman–Crippen MR) is 122 cm³/mol. The van der Waals surface area contributed by atoms with Gasteiger partial charge in [0.2, 0.25) is 0 Å². The van der Waals surface area contributed by atoms with E-state index in [1.54, 1.807) is 12.1 Å². The lowest BCUT2D eigenvalue weighted by molar-refractivity contribution is 0.300. The summed E-state index contributed by atoms with van der Waals surface area (Å²) in [5.74, 6) is 1.82. The molecule has 3 aromatic carbocycles. The monoisotopic (exact) mass is 427 g/mol. The highest BCUT2D eigenvalue weighted by atomic mass is 19.1. The quantitative estimate of drug-likeness (QED) is 0.324. The maximum Gasteiger partial charge on any atom is 0.167 e. The number of benzene rings is 3. The maximum absolute atomic E-state index is 13.3. The predicted octanol–water partition coefficient (Wildman–Crippen LogP) is 6.19. The first-order valence-electron chi connectivity index (χ1n) is 10.5. The van der Waals surface area contributed by atoms with Crippen molar-refractivity contribution in [2.75, 3.05) is 6.61 Å². The molecule has 0 unspecified atom stereocenters. The molecule has 0 fully saturated rings. The van der Waals surface area contributed by atoms with Crippen molar-refractivity contribution in [1.82, 2.24) is 14.7 Å². The highest BCUT2D eigenvalue weighted by Gasteiger charge is 2.17. The molecule has 32 heavy (non-hydrogen) atoms. The molecule has 0 bridgehead atoms. The number of aryl methyl sites for hydroxylation is 2. The second-order valence-corrected chi connectivity index (χ2v) is 7.83. The number of ether oxygens (including phenoxy) is 1. The SMILES string of the molecule is Cc1cc(C)cc(OCCn2c(-c3cc(-c4ccc(F)cc4)on3)nc3ccccc32)c1. The van der Waals surface area contributed by atoms with Gasteiger partial charge in [0, 0.05) is 11.6 Å². The van der Waals surface area contributed by atoms with Gasteiger partial charge in [-0.25, -0.2) is 9.37 Å². The third-order valence-electron chi connectivity index (χ3n) is 5.30. The average Bonchev–Trinajstić information content (AvgIpc) is 3.39. The van der Waals surface area contributed by atoms with E-state index in [0.29, 0.717) is 30.4 Å². The first kappa shape index (κ1) is 20.0. The molecule has 0 atom stereocenters. The van der Waals surface area contributed by atoms with E-state index in [2.05, 4.69) is 29.6 Å². The van der Waals surface area contributed by atoms with Crippen LogP contribution in [-0.4, -0.2) is 21.3 Å². The normalized spacial score (nSPS) is 11.2. The number of rotatable bonds is 6. The third-order valence-corrected chi connectivity index (χ3v) is 5.30. The van der Waals surface area contributed by atoms with E-state index in [4.69, 9.17) is 14.2 Å². The summed E-state index contributed by atoms with van der Waals surface area (Å²) in [4.78, 5) is 4.78. The van der Waals surface area contributed by atoms with Crippen LogP contribution < -0.4 is 4.74 Å². The van der Waals surface area contributed by atoms with Crippen molar-refractivity contribution in [2.45, 2.75) is 20.4 Å². The molecule has 0 radical (unpaired) electrons.